The summed E-state index contributed by atoms with van der Waals surface area (Å²) in [5.41, 5.74) is -1.24. The van der Waals surface area contributed by atoms with Crippen LogP contribution in [-0.2, 0) is 0 Å². The predicted octanol–water partition coefficient (Wildman–Crippen LogP) is 0.171. The summed E-state index contributed by atoms with van der Waals surface area (Å²) in [6, 6.07) is -0.153. The molecular weight excluding hydrogens is 208 g/mol. The molecule has 1 rings (SSSR count). The first-order chi connectivity index (χ1) is 7.44. The van der Waals surface area contributed by atoms with Gasteiger partial charge in [-0.2, -0.15) is 0 Å². The molecule has 1 aliphatic rings. The number of carbonyl (C=O) groups is 1. The molecule has 0 saturated carbocycles. The Labute approximate surface area is 96.4 Å². The highest BCUT2D eigenvalue weighted by Crippen LogP contribution is 2.15. The van der Waals surface area contributed by atoms with Crippen LogP contribution in [0.2, 0.25) is 0 Å². The van der Waals surface area contributed by atoms with Crippen LogP contribution in [0.3, 0.4) is 0 Å². The molecule has 1 fully saturated rings. The van der Waals surface area contributed by atoms with Gasteiger partial charge >= 0.3 is 6.03 Å². The fraction of sp³-hybridized carbons (Fsp3) is 0.909. The number of aliphatic hydroxyl groups is 2. The van der Waals surface area contributed by atoms with Crippen LogP contribution in [0, 0.1) is 5.92 Å². The molecule has 2 atom stereocenters. The highest BCUT2D eigenvalue weighted by molar-refractivity contribution is 5.74. The number of aliphatic hydroxyl groups excluding tert-OH is 1. The molecule has 94 valence electrons. The molecule has 5 nitrogen and oxygen atoms in total. The number of hydrogen-bond acceptors (Lipinski definition) is 3. The van der Waals surface area contributed by atoms with Gasteiger partial charge in [0.05, 0.1) is 13.2 Å². The summed E-state index contributed by atoms with van der Waals surface area (Å²) in [4.78, 5) is 13.5. The van der Waals surface area contributed by atoms with Gasteiger partial charge < -0.3 is 20.4 Å². The molecule has 3 N–H and O–H groups in total. The monoisotopic (exact) mass is 230 g/mol. The van der Waals surface area contributed by atoms with E-state index in [4.69, 9.17) is 5.11 Å². The minimum Gasteiger partial charge on any atom is -0.393 e. The average molecular weight is 230 g/mol. The second-order valence-corrected chi connectivity index (χ2v) is 5.01. The number of nitrogens with zero attached hydrogens (tertiary/aromatic N) is 1. The molecule has 0 aromatic rings. The fourth-order valence-electron chi connectivity index (χ4n) is 1.81. The van der Waals surface area contributed by atoms with Gasteiger partial charge in [0.25, 0.3) is 0 Å². The third kappa shape index (κ3) is 3.98. The number of urea groups is 1. The Hall–Kier alpha value is -0.810. The van der Waals surface area contributed by atoms with E-state index in [0.717, 1.165) is 25.9 Å². The zero-order valence-corrected chi connectivity index (χ0v) is 10.1. The minimum atomic E-state index is -1.24. The highest BCUT2D eigenvalue weighted by atomic mass is 16.3. The van der Waals surface area contributed by atoms with Crippen molar-refractivity contribution in [3.8, 4) is 0 Å². The number of piperidine rings is 1. The lowest BCUT2D eigenvalue weighted by atomic mass is 10.0. The summed E-state index contributed by atoms with van der Waals surface area (Å²) in [6.45, 7) is 4.89. The largest absolute Gasteiger partial charge is 0.393 e. The fourth-order valence-corrected chi connectivity index (χ4v) is 1.81. The van der Waals surface area contributed by atoms with Crippen LogP contribution >= 0.6 is 0 Å². The van der Waals surface area contributed by atoms with Gasteiger partial charge in [0.1, 0.15) is 5.60 Å². The maximum absolute atomic E-state index is 11.7. The summed E-state index contributed by atoms with van der Waals surface area (Å²) < 4.78 is 0. The highest BCUT2D eigenvalue weighted by Gasteiger charge is 2.24. The molecule has 1 aliphatic heterocycles. The minimum absolute atomic E-state index is 0.0766. The van der Waals surface area contributed by atoms with Crippen LogP contribution < -0.4 is 5.32 Å². The smallest absolute Gasteiger partial charge is 0.317 e. The van der Waals surface area contributed by atoms with Crippen molar-refractivity contribution in [3.63, 3.8) is 0 Å². The lowest BCUT2D eigenvalue weighted by Gasteiger charge is -2.32. The van der Waals surface area contributed by atoms with E-state index in [0.29, 0.717) is 5.92 Å². The Morgan fingerprint density at radius 2 is 2.31 bits per heavy atom. The van der Waals surface area contributed by atoms with Crippen LogP contribution in [0.25, 0.3) is 0 Å². The molecule has 0 aromatic carbocycles. The molecule has 0 radical (unpaired) electrons. The lowest BCUT2D eigenvalue weighted by Crippen LogP contribution is -2.50. The zero-order valence-electron chi connectivity index (χ0n) is 10.1. The molecule has 0 bridgehead atoms. The van der Waals surface area contributed by atoms with Crippen LogP contribution in [-0.4, -0.2) is 53.0 Å². The van der Waals surface area contributed by atoms with E-state index in [-0.39, 0.29) is 19.2 Å². The predicted molar refractivity (Wildman–Crippen MR) is 61.1 cm³/mol. The molecule has 0 aromatic heterocycles. The van der Waals surface area contributed by atoms with E-state index in [9.17, 15) is 9.90 Å². The quantitative estimate of drug-likeness (QED) is 0.647. The third-order valence-electron chi connectivity index (χ3n) is 2.91. The van der Waals surface area contributed by atoms with E-state index < -0.39 is 5.60 Å². The number of hydrogen-bond donors (Lipinski definition) is 3. The van der Waals surface area contributed by atoms with Crippen LogP contribution in [0.5, 0.6) is 0 Å². The van der Waals surface area contributed by atoms with Crippen LogP contribution in [0.1, 0.15) is 26.7 Å². The number of rotatable bonds is 3. The molecule has 2 unspecified atom stereocenters. The first kappa shape index (κ1) is 13.3. The standard InChI is InChI=1S/C11H22N2O3/c1-9-4-3-5-13(6-9)10(15)12-7-11(2,16)8-14/h9,14,16H,3-8H2,1-2H3,(H,12,15). The SMILES string of the molecule is CC1CCCN(C(=O)NCC(C)(O)CO)C1. The van der Waals surface area contributed by atoms with Crippen molar-refractivity contribution in [1.82, 2.24) is 10.2 Å². The second kappa shape index (κ2) is 5.50. The molecular formula is C11H22N2O3. The van der Waals surface area contributed by atoms with Gasteiger partial charge in [-0.1, -0.05) is 6.92 Å². The van der Waals surface area contributed by atoms with Crippen LogP contribution in [0.15, 0.2) is 0 Å². The van der Waals surface area contributed by atoms with E-state index in [1.54, 1.807) is 4.90 Å². The summed E-state index contributed by atoms with van der Waals surface area (Å²) in [7, 11) is 0. The molecule has 1 heterocycles. The number of likely N-dealkylation sites (tertiary alicyclic amines) is 1. The van der Waals surface area contributed by atoms with Crippen molar-refractivity contribution < 1.29 is 15.0 Å². The molecule has 0 aliphatic carbocycles. The Kier molecular flexibility index (Phi) is 4.56. The lowest BCUT2D eigenvalue weighted by molar-refractivity contribution is 0.00369. The molecule has 0 spiro atoms. The number of carbonyl (C=O) groups excluding carboxylic acids is 1. The van der Waals surface area contributed by atoms with Gasteiger partial charge in [0, 0.05) is 13.1 Å². The maximum atomic E-state index is 11.7. The van der Waals surface area contributed by atoms with E-state index in [1.165, 1.54) is 6.92 Å². The number of amides is 2. The third-order valence-corrected chi connectivity index (χ3v) is 2.91. The van der Waals surface area contributed by atoms with Gasteiger partial charge in [0.15, 0.2) is 0 Å². The van der Waals surface area contributed by atoms with Gasteiger partial charge in [0.2, 0.25) is 0 Å². The normalized spacial score (nSPS) is 25.0. The van der Waals surface area contributed by atoms with Gasteiger partial charge in [-0.3, -0.25) is 0 Å². The average Bonchev–Trinajstić information content (AvgIpc) is 2.26. The molecule has 2 amide bonds. The first-order valence-corrected chi connectivity index (χ1v) is 5.80. The topological polar surface area (TPSA) is 72.8 Å². The van der Waals surface area contributed by atoms with Crippen molar-refractivity contribution in [2.45, 2.75) is 32.3 Å². The summed E-state index contributed by atoms with van der Waals surface area (Å²) in [6.07, 6.45) is 2.20. The first-order valence-electron chi connectivity index (χ1n) is 5.80. The second-order valence-electron chi connectivity index (χ2n) is 5.01. The van der Waals surface area contributed by atoms with Crippen molar-refractivity contribution in [3.05, 3.63) is 0 Å². The maximum Gasteiger partial charge on any atom is 0.317 e. The molecule has 1 saturated heterocycles. The Bertz CT molecular complexity index is 243. The van der Waals surface area contributed by atoms with Crippen molar-refractivity contribution >= 4 is 6.03 Å². The van der Waals surface area contributed by atoms with E-state index in [1.807, 2.05) is 0 Å². The van der Waals surface area contributed by atoms with E-state index in [2.05, 4.69) is 12.2 Å². The Balaban J connectivity index is 2.34. The summed E-state index contributed by atoms with van der Waals surface area (Å²) >= 11 is 0. The van der Waals surface area contributed by atoms with Crippen molar-refractivity contribution in [1.29, 1.82) is 0 Å². The molecule has 16 heavy (non-hydrogen) atoms. The molecule has 5 heteroatoms. The van der Waals surface area contributed by atoms with Gasteiger partial charge in [-0.15, -0.1) is 0 Å². The van der Waals surface area contributed by atoms with Gasteiger partial charge in [-0.25, -0.2) is 4.79 Å². The Morgan fingerprint density at radius 3 is 2.88 bits per heavy atom. The number of nitrogens with one attached hydrogen (secondary N) is 1. The Morgan fingerprint density at radius 1 is 1.62 bits per heavy atom. The zero-order chi connectivity index (χ0) is 12.2. The van der Waals surface area contributed by atoms with Gasteiger partial charge in [-0.05, 0) is 25.7 Å². The van der Waals surface area contributed by atoms with E-state index >= 15 is 0 Å². The summed E-state index contributed by atoms with van der Waals surface area (Å²) in [5.74, 6) is 0.540. The van der Waals surface area contributed by atoms with Crippen molar-refractivity contribution in [2.75, 3.05) is 26.2 Å². The van der Waals surface area contributed by atoms with Crippen LogP contribution in [0.4, 0.5) is 4.79 Å². The summed E-state index contributed by atoms with van der Waals surface area (Å²) in [5, 5.41) is 21.0. The van der Waals surface area contributed by atoms with Crippen molar-refractivity contribution in [2.24, 2.45) is 5.92 Å².